The molecule has 0 unspecified atom stereocenters. The highest BCUT2D eigenvalue weighted by molar-refractivity contribution is 7.99. The van der Waals surface area contributed by atoms with E-state index in [1.165, 1.54) is 34.2 Å². The van der Waals surface area contributed by atoms with E-state index in [0.29, 0.717) is 11.5 Å². The number of nitrogens with zero attached hydrogens (tertiary/aromatic N) is 1. The van der Waals surface area contributed by atoms with E-state index in [4.69, 9.17) is 4.52 Å². The van der Waals surface area contributed by atoms with Crippen LogP contribution in [0.15, 0.2) is 53.1 Å². The minimum Gasteiger partial charge on any atom is -0.361 e. The summed E-state index contributed by atoms with van der Waals surface area (Å²) in [4.78, 5) is 23.6. The number of fused-ring (bicyclic) bond motifs is 1. The Hall–Kier alpha value is -2.80. The molecule has 0 spiro atoms. The van der Waals surface area contributed by atoms with Gasteiger partial charge in [0.15, 0.2) is 5.69 Å². The Kier molecular flexibility index (Phi) is 5.35. The maximum absolute atomic E-state index is 11.8. The molecule has 2 amide bonds. The summed E-state index contributed by atoms with van der Waals surface area (Å²) in [7, 11) is 0. The van der Waals surface area contributed by atoms with Crippen molar-refractivity contribution in [2.75, 3.05) is 5.75 Å². The van der Waals surface area contributed by atoms with E-state index in [9.17, 15) is 9.59 Å². The lowest BCUT2D eigenvalue weighted by molar-refractivity contribution is -0.119. The molecule has 0 aliphatic heterocycles. The number of hydrogen-bond acceptors (Lipinski definition) is 5. The van der Waals surface area contributed by atoms with Crippen LogP contribution in [0.5, 0.6) is 0 Å². The van der Waals surface area contributed by atoms with Gasteiger partial charge in [-0.1, -0.05) is 47.6 Å². The zero-order valence-electron chi connectivity index (χ0n) is 13.6. The first kappa shape index (κ1) is 17.0. The zero-order chi connectivity index (χ0) is 17.6. The number of benzene rings is 2. The molecular formula is C18H17N3O3S. The predicted octanol–water partition coefficient (Wildman–Crippen LogP) is 2.83. The van der Waals surface area contributed by atoms with Crippen molar-refractivity contribution in [3.05, 3.63) is 65.5 Å². The van der Waals surface area contributed by atoms with Crippen molar-refractivity contribution in [3.63, 3.8) is 0 Å². The molecule has 1 heterocycles. The summed E-state index contributed by atoms with van der Waals surface area (Å²) < 4.78 is 4.81. The van der Waals surface area contributed by atoms with Crippen LogP contribution in [0.25, 0.3) is 10.8 Å². The van der Waals surface area contributed by atoms with Crippen LogP contribution in [0.1, 0.15) is 21.8 Å². The quantitative estimate of drug-likeness (QED) is 0.688. The number of hydrazine groups is 1. The zero-order valence-corrected chi connectivity index (χ0v) is 14.4. The van der Waals surface area contributed by atoms with Crippen LogP contribution in [0.3, 0.4) is 0 Å². The Balaban J connectivity index is 1.47. The lowest BCUT2D eigenvalue weighted by Gasteiger charge is -2.07. The average Bonchev–Trinajstić information content (AvgIpc) is 3.06. The molecule has 0 aliphatic rings. The molecule has 0 radical (unpaired) electrons. The molecule has 7 heteroatoms. The molecule has 2 N–H and O–H groups in total. The molecule has 0 atom stereocenters. The highest BCUT2D eigenvalue weighted by atomic mass is 32.2. The summed E-state index contributed by atoms with van der Waals surface area (Å²) in [5, 5.41) is 5.95. The third-order valence-electron chi connectivity index (χ3n) is 3.55. The Morgan fingerprint density at radius 2 is 1.92 bits per heavy atom. The molecular weight excluding hydrogens is 338 g/mol. The van der Waals surface area contributed by atoms with Gasteiger partial charge in [-0.3, -0.25) is 20.4 Å². The number of aryl methyl sites for hydroxylation is 1. The smallest absolute Gasteiger partial charge is 0.291 e. The first-order chi connectivity index (χ1) is 12.1. The number of rotatable bonds is 5. The summed E-state index contributed by atoms with van der Waals surface area (Å²) in [6, 6.07) is 15.8. The standard InChI is InChI=1S/C18H17N3O3S/c1-12-9-16(21-24-12)18(23)20-19-17(22)11-25-10-14-7-4-6-13-5-2-3-8-15(13)14/h2-9H,10-11H2,1H3,(H,19,22)(H,20,23). The van der Waals surface area contributed by atoms with Crippen molar-refractivity contribution < 1.29 is 14.1 Å². The SMILES string of the molecule is Cc1cc(C(=O)NNC(=O)CSCc2cccc3ccccc23)no1. The van der Waals surface area contributed by atoms with Gasteiger partial charge >= 0.3 is 0 Å². The first-order valence-corrected chi connectivity index (χ1v) is 8.86. The second-order valence-electron chi connectivity index (χ2n) is 5.46. The molecule has 128 valence electrons. The van der Waals surface area contributed by atoms with Gasteiger partial charge in [0.05, 0.1) is 5.75 Å². The van der Waals surface area contributed by atoms with E-state index in [-0.39, 0.29) is 17.4 Å². The van der Waals surface area contributed by atoms with Crippen LogP contribution < -0.4 is 10.9 Å². The van der Waals surface area contributed by atoms with Crippen molar-refractivity contribution in [1.29, 1.82) is 0 Å². The number of amides is 2. The minimum atomic E-state index is -0.510. The number of carbonyl (C=O) groups excluding carboxylic acids is 2. The highest BCUT2D eigenvalue weighted by Crippen LogP contribution is 2.22. The molecule has 6 nitrogen and oxygen atoms in total. The molecule has 3 aromatic rings. The lowest BCUT2D eigenvalue weighted by atomic mass is 10.1. The van der Waals surface area contributed by atoms with Gasteiger partial charge in [0.2, 0.25) is 5.91 Å². The summed E-state index contributed by atoms with van der Waals surface area (Å²) >= 11 is 1.48. The van der Waals surface area contributed by atoms with Crippen molar-refractivity contribution in [3.8, 4) is 0 Å². The Bertz CT molecular complexity index is 902. The lowest BCUT2D eigenvalue weighted by Crippen LogP contribution is -2.42. The number of carbonyl (C=O) groups is 2. The van der Waals surface area contributed by atoms with Crippen LogP contribution in [0, 0.1) is 6.92 Å². The van der Waals surface area contributed by atoms with Crippen molar-refractivity contribution >= 4 is 34.3 Å². The van der Waals surface area contributed by atoms with Gasteiger partial charge in [0, 0.05) is 11.8 Å². The second-order valence-corrected chi connectivity index (χ2v) is 6.44. The molecule has 0 fully saturated rings. The average molecular weight is 355 g/mol. The maximum Gasteiger partial charge on any atom is 0.291 e. The molecule has 3 rings (SSSR count). The topological polar surface area (TPSA) is 84.2 Å². The van der Waals surface area contributed by atoms with Crippen molar-refractivity contribution in [1.82, 2.24) is 16.0 Å². The fraction of sp³-hybridized carbons (Fsp3) is 0.167. The van der Waals surface area contributed by atoms with Gasteiger partial charge < -0.3 is 4.52 Å². The van der Waals surface area contributed by atoms with Crippen molar-refractivity contribution in [2.24, 2.45) is 0 Å². The molecule has 0 bridgehead atoms. The van der Waals surface area contributed by atoms with Crippen LogP contribution >= 0.6 is 11.8 Å². The van der Waals surface area contributed by atoms with E-state index in [2.05, 4.69) is 40.3 Å². The Labute approximate surface area is 148 Å². The number of thioether (sulfide) groups is 1. The first-order valence-electron chi connectivity index (χ1n) is 7.70. The normalized spacial score (nSPS) is 10.6. The molecule has 2 aromatic carbocycles. The van der Waals surface area contributed by atoms with Gasteiger partial charge in [-0.15, -0.1) is 11.8 Å². The summed E-state index contributed by atoms with van der Waals surface area (Å²) in [5.74, 6) is 0.692. The molecule has 25 heavy (non-hydrogen) atoms. The van der Waals surface area contributed by atoms with Crippen LogP contribution in [-0.4, -0.2) is 22.7 Å². The fourth-order valence-electron chi connectivity index (χ4n) is 2.37. The maximum atomic E-state index is 11.8. The predicted molar refractivity (Wildman–Crippen MR) is 97.0 cm³/mol. The molecule has 0 aliphatic carbocycles. The third kappa shape index (κ3) is 4.39. The minimum absolute atomic E-state index is 0.126. The van der Waals surface area contributed by atoms with Gasteiger partial charge in [-0.05, 0) is 23.3 Å². The van der Waals surface area contributed by atoms with Gasteiger partial charge in [0.1, 0.15) is 5.76 Å². The molecule has 0 saturated carbocycles. The summed E-state index contributed by atoms with van der Waals surface area (Å²) in [6.07, 6.45) is 0. The summed E-state index contributed by atoms with van der Waals surface area (Å²) in [6.45, 7) is 1.69. The number of hydrogen-bond donors (Lipinski definition) is 2. The van der Waals surface area contributed by atoms with Crippen LogP contribution in [0.2, 0.25) is 0 Å². The van der Waals surface area contributed by atoms with E-state index in [1.807, 2.05) is 18.2 Å². The largest absolute Gasteiger partial charge is 0.361 e. The van der Waals surface area contributed by atoms with Crippen LogP contribution in [-0.2, 0) is 10.5 Å². The van der Waals surface area contributed by atoms with Crippen molar-refractivity contribution in [2.45, 2.75) is 12.7 Å². The van der Waals surface area contributed by atoms with Gasteiger partial charge in [0.25, 0.3) is 5.91 Å². The Morgan fingerprint density at radius 3 is 2.72 bits per heavy atom. The van der Waals surface area contributed by atoms with E-state index in [0.717, 1.165) is 0 Å². The van der Waals surface area contributed by atoms with Gasteiger partial charge in [-0.2, -0.15) is 0 Å². The number of aromatic nitrogens is 1. The van der Waals surface area contributed by atoms with Gasteiger partial charge in [-0.25, -0.2) is 0 Å². The summed E-state index contributed by atoms with van der Waals surface area (Å²) in [5.41, 5.74) is 5.99. The number of nitrogens with one attached hydrogen (secondary N) is 2. The van der Waals surface area contributed by atoms with E-state index >= 15 is 0 Å². The van der Waals surface area contributed by atoms with E-state index < -0.39 is 5.91 Å². The van der Waals surface area contributed by atoms with Crippen LogP contribution in [0.4, 0.5) is 0 Å². The third-order valence-corrected chi connectivity index (χ3v) is 4.53. The fourth-order valence-corrected chi connectivity index (χ4v) is 3.20. The Morgan fingerprint density at radius 1 is 1.12 bits per heavy atom. The molecule has 1 aromatic heterocycles. The molecule has 0 saturated heterocycles. The second kappa shape index (κ2) is 7.85. The monoisotopic (exact) mass is 355 g/mol. The van der Waals surface area contributed by atoms with E-state index in [1.54, 1.807) is 6.92 Å². The highest BCUT2D eigenvalue weighted by Gasteiger charge is 2.11.